The Morgan fingerprint density at radius 2 is 1.88 bits per heavy atom. The molecule has 3 rings (SSSR count). The van der Waals surface area contributed by atoms with Gasteiger partial charge in [0.2, 0.25) is 0 Å². The summed E-state index contributed by atoms with van der Waals surface area (Å²) in [5.41, 5.74) is 5.41. The molecular weight excluding hydrogens is 334 g/mol. The summed E-state index contributed by atoms with van der Waals surface area (Å²) in [5.74, 6) is 0. The molecule has 3 heteroatoms. The van der Waals surface area contributed by atoms with Crippen LogP contribution in [0.4, 0.5) is 0 Å². The summed E-state index contributed by atoms with van der Waals surface area (Å²) in [7, 11) is 0. The number of hydrogen-bond donors (Lipinski definition) is 0. The van der Waals surface area contributed by atoms with Crippen LogP contribution in [-0.4, -0.2) is 11.4 Å². The highest BCUT2D eigenvalue weighted by atomic mass is 35.5. The maximum Gasteiger partial charge on any atom is 0.0759 e. The van der Waals surface area contributed by atoms with Crippen LogP contribution >= 0.6 is 23.4 Å². The van der Waals surface area contributed by atoms with Crippen molar-refractivity contribution < 1.29 is 0 Å². The molecule has 0 aliphatic carbocycles. The molecule has 0 saturated carbocycles. The van der Waals surface area contributed by atoms with Crippen molar-refractivity contribution in [3.05, 3.63) is 87.4 Å². The molecule has 1 heterocycles. The lowest BCUT2D eigenvalue weighted by atomic mass is 9.98. The first kappa shape index (κ1) is 17.2. The Kier molecular flexibility index (Phi) is 5.37. The molecule has 0 spiro atoms. The normalized spacial score (nSPS) is 14.5. The fraction of sp³-hybridized carbons (Fsp3) is 0.238. The minimum atomic E-state index is 0.808. The van der Waals surface area contributed by atoms with Crippen LogP contribution < -0.4 is 0 Å². The minimum absolute atomic E-state index is 0.808. The van der Waals surface area contributed by atoms with Gasteiger partial charge >= 0.3 is 0 Å². The zero-order valence-electron chi connectivity index (χ0n) is 14.2. The summed E-state index contributed by atoms with van der Waals surface area (Å²) >= 11 is 8.14. The average Bonchev–Trinajstić information content (AvgIpc) is 2.56. The van der Waals surface area contributed by atoms with Gasteiger partial charge in [-0.05, 0) is 55.2 Å². The Morgan fingerprint density at radius 1 is 1.12 bits per heavy atom. The van der Waals surface area contributed by atoms with Crippen LogP contribution in [0.15, 0.2) is 65.1 Å². The van der Waals surface area contributed by atoms with E-state index >= 15 is 0 Å². The quantitative estimate of drug-likeness (QED) is 0.479. The van der Waals surface area contributed by atoms with E-state index < -0.39 is 0 Å². The first-order valence-electron chi connectivity index (χ1n) is 8.17. The Morgan fingerprint density at radius 3 is 2.62 bits per heavy atom. The topological polar surface area (TPSA) is 3.24 Å². The molecule has 124 valence electrons. The summed E-state index contributed by atoms with van der Waals surface area (Å²) in [5, 5.41) is 2.00. The van der Waals surface area contributed by atoms with Gasteiger partial charge in [-0.25, -0.2) is 0 Å². The number of halogens is 1. The lowest BCUT2D eigenvalue weighted by molar-refractivity contribution is 0.344. The van der Waals surface area contributed by atoms with Crippen molar-refractivity contribution >= 4 is 23.4 Å². The Bertz CT molecular complexity index is 794. The molecule has 0 amide bonds. The molecule has 1 aliphatic rings. The van der Waals surface area contributed by atoms with Crippen LogP contribution in [-0.2, 0) is 13.0 Å². The predicted octanol–water partition coefficient (Wildman–Crippen LogP) is 6.13. The zero-order valence-corrected chi connectivity index (χ0v) is 15.8. The molecule has 0 unspecified atom stereocenters. The maximum absolute atomic E-state index is 6.42. The third-order valence-electron chi connectivity index (χ3n) is 4.25. The predicted molar refractivity (Wildman–Crippen MR) is 106 cm³/mol. The van der Waals surface area contributed by atoms with Crippen LogP contribution in [0.1, 0.15) is 22.3 Å². The van der Waals surface area contributed by atoms with E-state index in [0.29, 0.717) is 0 Å². The Hall–Kier alpha value is -1.64. The van der Waals surface area contributed by atoms with Gasteiger partial charge in [-0.2, -0.15) is 0 Å². The lowest BCUT2D eigenvalue weighted by Crippen LogP contribution is -2.29. The number of thioether (sulfide) groups is 1. The standard InChI is InChI=1S/C21H22ClNS/c1-4-5-21(24-20-9-7-16(3)13-19(20)22)23-11-10-17-12-15(2)6-8-18(17)14-23/h4-9,12-13H,1,10-11,14H2,2-3H3/b21-5-. The number of nitrogens with zero attached hydrogens (tertiary/aromatic N) is 1. The first-order valence-corrected chi connectivity index (χ1v) is 9.36. The minimum Gasteiger partial charge on any atom is -0.361 e. The monoisotopic (exact) mass is 355 g/mol. The van der Waals surface area contributed by atoms with Crippen molar-refractivity contribution in [3.63, 3.8) is 0 Å². The van der Waals surface area contributed by atoms with E-state index in [1.165, 1.54) is 27.3 Å². The van der Waals surface area contributed by atoms with Gasteiger partial charge in [0.15, 0.2) is 0 Å². The summed E-state index contributed by atoms with van der Waals surface area (Å²) in [6, 6.07) is 13.0. The molecule has 1 aliphatic heterocycles. The SMILES string of the molecule is C=C/C=C(\Sc1ccc(C)cc1Cl)N1CCc2cc(C)ccc2C1. The summed E-state index contributed by atoms with van der Waals surface area (Å²) < 4.78 is 0. The van der Waals surface area contributed by atoms with E-state index in [1.807, 2.05) is 12.1 Å². The van der Waals surface area contributed by atoms with Crippen LogP contribution in [0.5, 0.6) is 0 Å². The number of rotatable bonds is 4. The number of fused-ring (bicyclic) bond motifs is 1. The highest BCUT2D eigenvalue weighted by Crippen LogP contribution is 2.37. The fourth-order valence-electron chi connectivity index (χ4n) is 2.98. The summed E-state index contributed by atoms with van der Waals surface area (Å²) in [6.45, 7) is 10.1. The van der Waals surface area contributed by atoms with Gasteiger partial charge in [0.1, 0.15) is 0 Å². The first-order chi connectivity index (χ1) is 11.6. The van der Waals surface area contributed by atoms with E-state index in [-0.39, 0.29) is 0 Å². The van der Waals surface area contributed by atoms with Crippen molar-refractivity contribution in [1.82, 2.24) is 4.90 Å². The molecule has 0 saturated heterocycles. The van der Waals surface area contributed by atoms with E-state index in [0.717, 1.165) is 29.4 Å². The molecule has 0 atom stereocenters. The molecule has 0 N–H and O–H groups in total. The van der Waals surface area contributed by atoms with Crippen molar-refractivity contribution in [2.24, 2.45) is 0 Å². The van der Waals surface area contributed by atoms with Crippen molar-refractivity contribution in [3.8, 4) is 0 Å². The number of allylic oxidation sites excluding steroid dienone is 2. The van der Waals surface area contributed by atoms with E-state index in [4.69, 9.17) is 11.6 Å². The number of benzene rings is 2. The number of aryl methyl sites for hydroxylation is 2. The van der Waals surface area contributed by atoms with Gasteiger partial charge in [0.25, 0.3) is 0 Å². The van der Waals surface area contributed by atoms with Gasteiger partial charge in [0.05, 0.1) is 10.1 Å². The molecule has 0 radical (unpaired) electrons. The van der Waals surface area contributed by atoms with Crippen molar-refractivity contribution in [2.45, 2.75) is 31.7 Å². The number of hydrogen-bond acceptors (Lipinski definition) is 2. The average molecular weight is 356 g/mol. The second-order valence-corrected chi connectivity index (χ2v) is 7.69. The second kappa shape index (κ2) is 7.50. The Balaban J connectivity index is 1.83. The highest BCUT2D eigenvalue weighted by molar-refractivity contribution is 8.03. The fourth-order valence-corrected chi connectivity index (χ4v) is 4.29. The smallest absolute Gasteiger partial charge is 0.0759 e. The maximum atomic E-state index is 6.42. The van der Waals surface area contributed by atoms with Crippen molar-refractivity contribution in [2.75, 3.05) is 6.54 Å². The molecule has 2 aromatic rings. The summed E-state index contributed by atoms with van der Waals surface area (Å²) in [4.78, 5) is 3.50. The Labute approximate surface area is 154 Å². The van der Waals surface area contributed by atoms with Crippen molar-refractivity contribution in [1.29, 1.82) is 0 Å². The van der Waals surface area contributed by atoms with Gasteiger partial charge in [-0.15, -0.1) is 0 Å². The molecule has 1 nitrogen and oxygen atoms in total. The molecular formula is C21H22ClNS. The molecule has 24 heavy (non-hydrogen) atoms. The van der Waals surface area contributed by atoms with Gasteiger partial charge < -0.3 is 4.90 Å². The second-order valence-electron chi connectivity index (χ2n) is 6.22. The lowest BCUT2D eigenvalue weighted by Gasteiger charge is -2.32. The van der Waals surface area contributed by atoms with Crippen LogP contribution in [0.2, 0.25) is 5.02 Å². The summed E-state index contributed by atoms with van der Waals surface area (Å²) in [6.07, 6.45) is 5.02. The third-order valence-corrected chi connectivity index (χ3v) is 5.85. The molecule has 0 aromatic heterocycles. The molecule has 2 aromatic carbocycles. The van der Waals surface area contributed by atoms with E-state index in [9.17, 15) is 0 Å². The largest absolute Gasteiger partial charge is 0.361 e. The van der Waals surface area contributed by atoms with Gasteiger partial charge in [-0.3, -0.25) is 0 Å². The van der Waals surface area contributed by atoms with Crippen LogP contribution in [0, 0.1) is 13.8 Å². The van der Waals surface area contributed by atoms with Crippen LogP contribution in [0.3, 0.4) is 0 Å². The molecule has 0 bridgehead atoms. The zero-order chi connectivity index (χ0) is 17.1. The van der Waals surface area contributed by atoms with E-state index in [2.05, 4.69) is 61.7 Å². The van der Waals surface area contributed by atoms with Gasteiger partial charge in [0, 0.05) is 18.0 Å². The van der Waals surface area contributed by atoms with E-state index in [1.54, 1.807) is 11.8 Å². The van der Waals surface area contributed by atoms with Crippen LogP contribution in [0.25, 0.3) is 0 Å². The third kappa shape index (κ3) is 3.88. The highest BCUT2D eigenvalue weighted by Gasteiger charge is 2.19. The molecule has 0 fully saturated rings. The van der Waals surface area contributed by atoms with Gasteiger partial charge in [-0.1, -0.05) is 65.8 Å².